The Morgan fingerprint density at radius 2 is 2.06 bits per heavy atom. The van der Waals surface area contributed by atoms with Gasteiger partial charge < -0.3 is 9.42 Å². The highest BCUT2D eigenvalue weighted by Gasteiger charge is 2.20. The van der Waals surface area contributed by atoms with Gasteiger partial charge in [0.1, 0.15) is 5.75 Å². The van der Waals surface area contributed by atoms with Crippen molar-refractivity contribution in [3.63, 3.8) is 0 Å². The minimum absolute atomic E-state index is 0.221. The molecule has 0 amide bonds. The summed E-state index contributed by atoms with van der Waals surface area (Å²) in [6.45, 7) is 6.07. The van der Waals surface area contributed by atoms with E-state index in [0.717, 1.165) is 18.4 Å². The average molecular weight is 256 g/mol. The molecule has 0 spiro atoms. The molecule has 0 radical (unpaired) electrons. The molecule has 0 fully saturated rings. The Morgan fingerprint density at radius 3 is 2.65 bits per heavy atom. The van der Waals surface area contributed by atoms with Crippen LogP contribution < -0.4 is 4.52 Å². The number of hydrogen-bond acceptors (Lipinski definition) is 2. The Bertz CT molecular complexity index is 415. The zero-order valence-electron chi connectivity index (χ0n) is 10.8. The van der Waals surface area contributed by atoms with E-state index in [1.54, 1.807) is 6.07 Å². The second-order valence-electron chi connectivity index (χ2n) is 4.25. The average Bonchev–Trinajstić information content (AvgIpc) is 2.29. The molecule has 0 heterocycles. The van der Waals surface area contributed by atoms with Crippen molar-refractivity contribution in [2.75, 3.05) is 6.16 Å². The van der Waals surface area contributed by atoms with Crippen LogP contribution in [-0.4, -0.2) is 11.1 Å². The Hall–Kier alpha value is -0.790. The lowest BCUT2D eigenvalue weighted by Crippen LogP contribution is -1.98. The van der Waals surface area contributed by atoms with Gasteiger partial charge in [0, 0.05) is 0 Å². The molecule has 0 aliphatic heterocycles. The molecule has 3 nitrogen and oxygen atoms in total. The molecule has 17 heavy (non-hydrogen) atoms. The number of hydrogen-bond donors (Lipinski definition) is 1. The normalized spacial score (nSPS) is 14.4. The third-order valence-corrected chi connectivity index (χ3v) is 4.12. The molecule has 1 aromatic carbocycles. The molecule has 4 heteroatoms. The molecule has 96 valence electrons. The van der Waals surface area contributed by atoms with Gasteiger partial charge in [-0.3, -0.25) is 0 Å². The van der Waals surface area contributed by atoms with Gasteiger partial charge in [-0.1, -0.05) is 26.3 Å². The maximum atomic E-state index is 11.8. The Balaban J connectivity index is 2.77. The molecule has 0 saturated carbocycles. The Morgan fingerprint density at radius 1 is 1.35 bits per heavy atom. The van der Waals surface area contributed by atoms with Crippen LogP contribution in [0.4, 0.5) is 0 Å². The molecular weight excluding hydrogens is 235 g/mol. The van der Waals surface area contributed by atoms with Gasteiger partial charge in [0.25, 0.3) is 0 Å². The molecule has 1 N–H and O–H groups in total. The summed E-state index contributed by atoms with van der Waals surface area (Å²) in [5.41, 5.74) is 2.33. The lowest BCUT2D eigenvalue weighted by Gasteiger charge is -2.14. The van der Waals surface area contributed by atoms with Crippen molar-refractivity contribution in [3.8, 4) is 5.75 Å². The van der Waals surface area contributed by atoms with Gasteiger partial charge in [0.15, 0.2) is 0 Å². The Labute approximate surface area is 103 Å². The van der Waals surface area contributed by atoms with Gasteiger partial charge in [-0.2, -0.15) is 0 Å². The second-order valence-corrected chi connectivity index (χ2v) is 6.15. The number of rotatable bonds is 6. The molecule has 0 aliphatic rings. The largest absolute Gasteiger partial charge is 0.424 e. The van der Waals surface area contributed by atoms with Crippen LogP contribution in [0.5, 0.6) is 5.75 Å². The molecule has 0 aliphatic carbocycles. The van der Waals surface area contributed by atoms with E-state index in [9.17, 15) is 9.46 Å². The van der Waals surface area contributed by atoms with Crippen molar-refractivity contribution in [2.24, 2.45) is 0 Å². The van der Waals surface area contributed by atoms with Gasteiger partial charge in [0.05, 0.1) is 6.16 Å². The molecule has 1 rings (SSSR count). The zero-order valence-corrected chi connectivity index (χ0v) is 11.7. The van der Waals surface area contributed by atoms with Crippen LogP contribution in [-0.2, 0) is 11.0 Å². The maximum Gasteiger partial charge on any atom is 0.376 e. The highest BCUT2D eigenvalue weighted by molar-refractivity contribution is 7.53. The van der Waals surface area contributed by atoms with Crippen LogP contribution >= 0.6 is 7.60 Å². The van der Waals surface area contributed by atoms with Crippen LogP contribution in [0.25, 0.3) is 0 Å². The molecule has 0 bridgehead atoms. The minimum Gasteiger partial charge on any atom is -0.424 e. The van der Waals surface area contributed by atoms with Crippen molar-refractivity contribution in [1.29, 1.82) is 0 Å². The summed E-state index contributed by atoms with van der Waals surface area (Å²) in [6, 6.07) is 5.53. The van der Waals surface area contributed by atoms with Gasteiger partial charge in [0.2, 0.25) is 0 Å². The summed E-state index contributed by atoms with van der Waals surface area (Å²) >= 11 is 0. The predicted octanol–water partition coefficient (Wildman–Crippen LogP) is 3.92. The quantitative estimate of drug-likeness (QED) is 0.784. The smallest absolute Gasteiger partial charge is 0.376 e. The zero-order chi connectivity index (χ0) is 12.9. The predicted molar refractivity (Wildman–Crippen MR) is 70.8 cm³/mol. The highest BCUT2D eigenvalue weighted by atomic mass is 31.2. The fourth-order valence-electron chi connectivity index (χ4n) is 1.65. The molecule has 0 aromatic heterocycles. The van der Waals surface area contributed by atoms with E-state index in [1.165, 1.54) is 5.56 Å². The van der Waals surface area contributed by atoms with E-state index in [-0.39, 0.29) is 6.16 Å². The van der Waals surface area contributed by atoms with E-state index in [2.05, 4.69) is 6.92 Å². The van der Waals surface area contributed by atoms with Crippen molar-refractivity contribution in [1.82, 2.24) is 0 Å². The highest BCUT2D eigenvalue weighted by Crippen LogP contribution is 2.43. The van der Waals surface area contributed by atoms with E-state index >= 15 is 0 Å². The van der Waals surface area contributed by atoms with Gasteiger partial charge >= 0.3 is 7.60 Å². The number of aryl methyl sites for hydroxylation is 2. The van der Waals surface area contributed by atoms with Crippen LogP contribution in [0.3, 0.4) is 0 Å². The van der Waals surface area contributed by atoms with E-state index in [1.807, 2.05) is 26.0 Å². The van der Waals surface area contributed by atoms with Gasteiger partial charge in [-0.25, -0.2) is 4.57 Å². The standard InChI is InChI=1S/C13H21O3P/c1-4-6-9-17(14,15)16-13-8-7-11(3)12(5-2)10-13/h7-8,10H,4-6,9H2,1-3H3,(H,14,15). The summed E-state index contributed by atoms with van der Waals surface area (Å²) < 4.78 is 17.0. The van der Waals surface area contributed by atoms with Gasteiger partial charge in [-0.15, -0.1) is 0 Å². The molecule has 1 atom stereocenters. The van der Waals surface area contributed by atoms with Crippen LogP contribution in [0.2, 0.25) is 0 Å². The van der Waals surface area contributed by atoms with Crippen molar-refractivity contribution < 1.29 is 14.0 Å². The van der Waals surface area contributed by atoms with Crippen molar-refractivity contribution in [3.05, 3.63) is 29.3 Å². The first-order valence-corrected chi connectivity index (χ1v) is 7.85. The monoisotopic (exact) mass is 256 g/mol. The van der Waals surface area contributed by atoms with Crippen molar-refractivity contribution >= 4 is 7.60 Å². The number of benzene rings is 1. The van der Waals surface area contributed by atoms with E-state index in [0.29, 0.717) is 12.2 Å². The SMILES string of the molecule is CCCCP(=O)(O)Oc1ccc(C)c(CC)c1. The summed E-state index contributed by atoms with van der Waals surface area (Å²) in [4.78, 5) is 9.67. The summed E-state index contributed by atoms with van der Waals surface area (Å²) in [5, 5.41) is 0. The second kappa shape index (κ2) is 6.23. The lowest BCUT2D eigenvalue weighted by atomic mass is 10.1. The fraction of sp³-hybridized carbons (Fsp3) is 0.538. The summed E-state index contributed by atoms with van der Waals surface area (Å²) in [6.07, 6.45) is 2.72. The third kappa shape index (κ3) is 4.53. The van der Waals surface area contributed by atoms with Crippen LogP contribution in [0.15, 0.2) is 18.2 Å². The fourth-order valence-corrected chi connectivity index (χ4v) is 2.90. The first-order chi connectivity index (χ1) is 7.98. The third-order valence-electron chi connectivity index (χ3n) is 2.74. The number of unbranched alkanes of at least 4 members (excludes halogenated alkanes) is 1. The molecule has 0 saturated heterocycles. The summed E-state index contributed by atoms with van der Waals surface area (Å²) in [7, 11) is -3.48. The van der Waals surface area contributed by atoms with E-state index in [4.69, 9.17) is 4.52 Å². The van der Waals surface area contributed by atoms with Gasteiger partial charge in [-0.05, 0) is 43.0 Å². The van der Waals surface area contributed by atoms with Crippen molar-refractivity contribution in [2.45, 2.75) is 40.0 Å². The van der Waals surface area contributed by atoms with Crippen LogP contribution in [0.1, 0.15) is 37.8 Å². The first-order valence-electron chi connectivity index (χ1n) is 6.09. The van der Waals surface area contributed by atoms with E-state index < -0.39 is 7.60 Å². The topological polar surface area (TPSA) is 46.5 Å². The maximum absolute atomic E-state index is 11.8. The minimum atomic E-state index is -3.48. The molecular formula is C13H21O3P. The molecule has 1 aromatic rings. The summed E-state index contributed by atoms with van der Waals surface area (Å²) in [5.74, 6) is 0.495. The van der Waals surface area contributed by atoms with Crippen LogP contribution in [0, 0.1) is 6.92 Å². The molecule has 1 unspecified atom stereocenters. The Kier molecular flexibility index (Phi) is 5.23. The first kappa shape index (κ1) is 14.3. The lowest BCUT2D eigenvalue weighted by molar-refractivity contribution is 0.378.